The van der Waals surface area contributed by atoms with Gasteiger partial charge in [-0.05, 0) is 42.7 Å². The van der Waals surface area contributed by atoms with Gasteiger partial charge in [0.1, 0.15) is 5.82 Å². The van der Waals surface area contributed by atoms with E-state index >= 15 is 0 Å². The average Bonchev–Trinajstić information content (AvgIpc) is 3.27. The Kier molecular flexibility index (Phi) is 4.23. The molecule has 0 aliphatic heterocycles. The van der Waals surface area contributed by atoms with E-state index in [1.165, 1.54) is 0 Å². The third-order valence-corrected chi connectivity index (χ3v) is 4.40. The van der Waals surface area contributed by atoms with Crippen LogP contribution in [0.15, 0.2) is 42.6 Å². The number of halogens is 2. The van der Waals surface area contributed by atoms with Gasteiger partial charge in [-0.25, -0.2) is 9.78 Å². The Hall–Kier alpha value is -1.78. The zero-order valence-corrected chi connectivity index (χ0v) is 13.3. The van der Waals surface area contributed by atoms with Crippen LogP contribution >= 0.6 is 23.2 Å². The molecule has 1 aromatic carbocycles. The Morgan fingerprint density at radius 1 is 1.23 bits per heavy atom. The zero-order valence-electron chi connectivity index (χ0n) is 11.8. The van der Waals surface area contributed by atoms with Crippen LogP contribution in [0.25, 0.3) is 0 Å². The van der Waals surface area contributed by atoms with Gasteiger partial charge in [0.15, 0.2) is 0 Å². The van der Waals surface area contributed by atoms with Gasteiger partial charge in [-0.15, -0.1) is 0 Å². The number of benzene rings is 1. The molecule has 2 N–H and O–H groups in total. The van der Waals surface area contributed by atoms with E-state index in [2.05, 4.69) is 15.6 Å². The van der Waals surface area contributed by atoms with E-state index in [0.29, 0.717) is 22.4 Å². The van der Waals surface area contributed by atoms with E-state index in [9.17, 15) is 4.79 Å². The molecule has 114 valence electrons. The average molecular weight is 336 g/mol. The molecule has 0 radical (unpaired) electrons. The Morgan fingerprint density at radius 2 is 2.05 bits per heavy atom. The lowest BCUT2D eigenvalue weighted by atomic mass is 9.96. The van der Waals surface area contributed by atoms with E-state index in [-0.39, 0.29) is 11.4 Å². The number of pyridine rings is 1. The minimum atomic E-state index is -0.268. The third-order valence-electron chi connectivity index (χ3n) is 3.85. The molecule has 6 heteroatoms. The molecule has 22 heavy (non-hydrogen) atoms. The zero-order chi connectivity index (χ0) is 15.6. The van der Waals surface area contributed by atoms with E-state index < -0.39 is 0 Å². The van der Waals surface area contributed by atoms with Crippen LogP contribution in [0.3, 0.4) is 0 Å². The van der Waals surface area contributed by atoms with Crippen LogP contribution in [0.1, 0.15) is 18.4 Å². The maximum atomic E-state index is 11.9. The van der Waals surface area contributed by atoms with Crippen molar-refractivity contribution in [3.05, 3.63) is 58.2 Å². The number of amides is 2. The Bertz CT molecular complexity index is 687. The summed E-state index contributed by atoms with van der Waals surface area (Å²) in [6, 6.07) is 10.6. The van der Waals surface area contributed by atoms with Gasteiger partial charge in [-0.3, -0.25) is 5.32 Å². The summed E-state index contributed by atoms with van der Waals surface area (Å²) < 4.78 is 0. The highest BCUT2D eigenvalue weighted by atomic mass is 35.5. The topological polar surface area (TPSA) is 54.0 Å². The molecule has 1 aromatic heterocycles. The Morgan fingerprint density at radius 3 is 2.68 bits per heavy atom. The van der Waals surface area contributed by atoms with Crippen molar-refractivity contribution in [1.82, 2.24) is 10.3 Å². The smallest absolute Gasteiger partial charge is 0.320 e. The summed E-state index contributed by atoms with van der Waals surface area (Å²) in [5, 5.41) is 6.86. The van der Waals surface area contributed by atoms with Gasteiger partial charge in [-0.2, -0.15) is 0 Å². The number of carbonyl (C=O) groups excluding carboxylic acids is 1. The highest BCUT2D eigenvalue weighted by Gasteiger charge is 2.45. The second-order valence-electron chi connectivity index (χ2n) is 5.43. The molecule has 1 aliphatic rings. The maximum absolute atomic E-state index is 11.9. The first kappa shape index (κ1) is 15.1. The molecule has 2 amide bonds. The molecule has 3 rings (SSSR count). The van der Waals surface area contributed by atoms with E-state index in [4.69, 9.17) is 23.2 Å². The second-order valence-corrected chi connectivity index (χ2v) is 6.27. The number of carbonyl (C=O) groups is 1. The molecular formula is C16H15Cl2N3O. The normalized spacial score (nSPS) is 15.2. The molecule has 0 atom stereocenters. The van der Waals surface area contributed by atoms with E-state index in [1.54, 1.807) is 24.4 Å². The van der Waals surface area contributed by atoms with Crippen LogP contribution in [-0.4, -0.2) is 17.6 Å². The van der Waals surface area contributed by atoms with Crippen molar-refractivity contribution in [2.75, 3.05) is 11.9 Å². The highest BCUT2D eigenvalue weighted by molar-refractivity contribution is 6.35. The van der Waals surface area contributed by atoms with Crippen LogP contribution in [0.4, 0.5) is 10.6 Å². The first-order valence-corrected chi connectivity index (χ1v) is 7.76. The fourth-order valence-corrected chi connectivity index (χ4v) is 3.07. The number of aromatic nitrogens is 1. The minimum absolute atomic E-state index is 0.0802. The lowest BCUT2D eigenvalue weighted by Crippen LogP contribution is -2.35. The minimum Gasteiger partial charge on any atom is -0.337 e. The predicted molar refractivity (Wildman–Crippen MR) is 88.6 cm³/mol. The number of anilines is 1. The first-order chi connectivity index (χ1) is 10.6. The van der Waals surface area contributed by atoms with E-state index in [1.807, 2.05) is 18.2 Å². The summed E-state index contributed by atoms with van der Waals surface area (Å²) in [4.78, 5) is 16.0. The van der Waals surface area contributed by atoms with Gasteiger partial charge < -0.3 is 5.32 Å². The van der Waals surface area contributed by atoms with Crippen LogP contribution < -0.4 is 10.6 Å². The summed E-state index contributed by atoms with van der Waals surface area (Å²) in [5.74, 6) is 0.523. The number of rotatable bonds is 4. The molecule has 1 saturated carbocycles. The summed E-state index contributed by atoms with van der Waals surface area (Å²) in [7, 11) is 0. The predicted octanol–water partition coefficient (Wildman–Crippen LogP) is 4.24. The Balaban J connectivity index is 1.62. The fraction of sp³-hybridized carbons (Fsp3) is 0.250. The van der Waals surface area contributed by atoms with Gasteiger partial charge in [0.25, 0.3) is 0 Å². The second kappa shape index (κ2) is 6.15. The lowest BCUT2D eigenvalue weighted by molar-refractivity contribution is 0.251. The van der Waals surface area contributed by atoms with Crippen LogP contribution in [-0.2, 0) is 5.41 Å². The molecule has 1 heterocycles. The number of urea groups is 1. The summed E-state index contributed by atoms with van der Waals surface area (Å²) in [6.07, 6.45) is 3.63. The molecule has 4 nitrogen and oxygen atoms in total. The lowest BCUT2D eigenvalue weighted by Gasteiger charge is -2.18. The fourth-order valence-electron chi connectivity index (χ4n) is 2.46. The van der Waals surface area contributed by atoms with E-state index in [0.717, 1.165) is 18.4 Å². The van der Waals surface area contributed by atoms with Crippen molar-refractivity contribution in [2.24, 2.45) is 0 Å². The van der Waals surface area contributed by atoms with Crippen LogP contribution in [0, 0.1) is 0 Å². The van der Waals surface area contributed by atoms with Gasteiger partial charge >= 0.3 is 6.03 Å². The molecule has 2 aromatic rings. The van der Waals surface area contributed by atoms with Crippen molar-refractivity contribution < 1.29 is 4.79 Å². The number of nitrogens with zero attached hydrogens (tertiary/aromatic N) is 1. The summed E-state index contributed by atoms with van der Waals surface area (Å²) >= 11 is 12.2. The van der Waals surface area contributed by atoms with Crippen molar-refractivity contribution in [3.8, 4) is 0 Å². The monoisotopic (exact) mass is 335 g/mol. The molecule has 1 fully saturated rings. The summed E-state index contributed by atoms with van der Waals surface area (Å²) in [6.45, 7) is 0.535. The SMILES string of the molecule is O=C(NCC1(c2ccc(Cl)cc2Cl)CC1)Nc1ccccn1. The van der Waals surface area contributed by atoms with Crippen molar-refractivity contribution in [1.29, 1.82) is 0 Å². The molecule has 0 unspecified atom stereocenters. The van der Waals surface area contributed by atoms with Crippen molar-refractivity contribution >= 4 is 35.1 Å². The maximum Gasteiger partial charge on any atom is 0.320 e. The number of hydrogen-bond acceptors (Lipinski definition) is 2. The third kappa shape index (κ3) is 3.34. The standard InChI is InChI=1S/C16H15Cl2N3O/c17-11-4-5-12(13(18)9-11)16(6-7-16)10-20-15(22)21-14-3-1-2-8-19-14/h1-5,8-9H,6-7,10H2,(H2,19,20,21,22). The number of hydrogen-bond donors (Lipinski definition) is 2. The van der Waals surface area contributed by atoms with Gasteiger partial charge in [0.2, 0.25) is 0 Å². The van der Waals surface area contributed by atoms with Crippen LogP contribution in [0.2, 0.25) is 10.0 Å². The van der Waals surface area contributed by atoms with Crippen molar-refractivity contribution in [2.45, 2.75) is 18.3 Å². The van der Waals surface area contributed by atoms with Crippen molar-refractivity contribution in [3.63, 3.8) is 0 Å². The molecule has 0 saturated heterocycles. The molecule has 0 spiro atoms. The largest absolute Gasteiger partial charge is 0.337 e. The number of nitrogens with one attached hydrogen (secondary N) is 2. The molecular weight excluding hydrogens is 321 g/mol. The van der Waals surface area contributed by atoms with Crippen LogP contribution in [0.5, 0.6) is 0 Å². The Labute approximate surface area is 138 Å². The summed E-state index contributed by atoms with van der Waals surface area (Å²) in [5.41, 5.74) is 0.958. The van der Waals surface area contributed by atoms with Gasteiger partial charge in [0.05, 0.1) is 0 Å². The quantitative estimate of drug-likeness (QED) is 0.877. The van der Waals surface area contributed by atoms with Gasteiger partial charge in [-0.1, -0.05) is 35.3 Å². The first-order valence-electron chi connectivity index (χ1n) is 7.00. The molecule has 0 bridgehead atoms. The highest BCUT2D eigenvalue weighted by Crippen LogP contribution is 2.50. The van der Waals surface area contributed by atoms with Gasteiger partial charge in [0, 0.05) is 28.2 Å². The molecule has 1 aliphatic carbocycles.